The van der Waals surface area contributed by atoms with Gasteiger partial charge in [-0.2, -0.15) is 12.6 Å². The average Bonchev–Trinajstić information content (AvgIpc) is 2.56. The minimum atomic E-state index is -1.18. The molecule has 1 unspecified atom stereocenters. The van der Waals surface area contributed by atoms with E-state index in [1.165, 1.54) is 12.1 Å². The lowest BCUT2D eigenvalue weighted by molar-refractivity contribution is -0.121. The van der Waals surface area contributed by atoms with Gasteiger partial charge in [-0.25, -0.2) is 13.7 Å². The SMILES string of the molecule is CC(C)(C)c1ccc(N2C(=O)CC(S)C2=O)c(F)c1F. The van der Waals surface area contributed by atoms with E-state index in [4.69, 9.17) is 0 Å². The van der Waals surface area contributed by atoms with Gasteiger partial charge in [0.25, 0.3) is 0 Å². The molecule has 3 nitrogen and oxygen atoms in total. The molecule has 108 valence electrons. The molecule has 6 heteroatoms. The molecule has 0 aromatic heterocycles. The Morgan fingerprint density at radius 1 is 1.20 bits per heavy atom. The summed E-state index contributed by atoms with van der Waals surface area (Å²) in [6.45, 7) is 5.25. The first-order chi connectivity index (χ1) is 9.14. The summed E-state index contributed by atoms with van der Waals surface area (Å²) in [5, 5.41) is -0.799. The normalized spacial score (nSPS) is 19.9. The van der Waals surface area contributed by atoms with Crippen LogP contribution in [0.4, 0.5) is 14.5 Å². The molecular formula is C14H15F2NO2S. The van der Waals surface area contributed by atoms with Crippen molar-refractivity contribution in [3.05, 3.63) is 29.3 Å². The maximum absolute atomic E-state index is 14.2. The van der Waals surface area contributed by atoms with Crippen LogP contribution in [0.1, 0.15) is 32.8 Å². The van der Waals surface area contributed by atoms with Crippen LogP contribution in [-0.2, 0) is 15.0 Å². The molecule has 2 rings (SSSR count). The zero-order valence-electron chi connectivity index (χ0n) is 11.4. The van der Waals surface area contributed by atoms with Crippen LogP contribution in [0.25, 0.3) is 0 Å². The van der Waals surface area contributed by atoms with Gasteiger partial charge >= 0.3 is 0 Å². The highest BCUT2D eigenvalue weighted by atomic mass is 32.1. The molecule has 0 N–H and O–H groups in total. The molecule has 1 aromatic rings. The van der Waals surface area contributed by atoms with Crippen molar-refractivity contribution in [1.29, 1.82) is 0 Å². The maximum Gasteiger partial charge on any atom is 0.247 e. The number of amides is 2. The molecule has 0 spiro atoms. The van der Waals surface area contributed by atoms with Crippen LogP contribution in [0.5, 0.6) is 0 Å². The van der Waals surface area contributed by atoms with Crippen LogP contribution in [0.2, 0.25) is 0 Å². The predicted molar refractivity (Wildman–Crippen MR) is 74.9 cm³/mol. The number of benzene rings is 1. The van der Waals surface area contributed by atoms with Crippen LogP contribution >= 0.6 is 12.6 Å². The summed E-state index contributed by atoms with van der Waals surface area (Å²) in [4.78, 5) is 24.2. The van der Waals surface area contributed by atoms with Gasteiger partial charge in [0.1, 0.15) is 0 Å². The topological polar surface area (TPSA) is 37.4 Å². The number of hydrogen-bond acceptors (Lipinski definition) is 3. The van der Waals surface area contributed by atoms with Gasteiger partial charge < -0.3 is 0 Å². The molecule has 1 saturated heterocycles. The summed E-state index contributed by atoms with van der Waals surface area (Å²) in [5.74, 6) is -3.41. The van der Waals surface area contributed by atoms with Crippen molar-refractivity contribution in [2.45, 2.75) is 37.9 Å². The quantitative estimate of drug-likeness (QED) is 0.639. The summed E-state index contributed by atoms with van der Waals surface area (Å²) < 4.78 is 28.3. The summed E-state index contributed by atoms with van der Waals surface area (Å²) in [5.41, 5.74) is -0.725. The fourth-order valence-corrected chi connectivity index (χ4v) is 2.43. The van der Waals surface area contributed by atoms with Crippen LogP contribution in [0.15, 0.2) is 12.1 Å². The third-order valence-corrected chi connectivity index (χ3v) is 3.64. The lowest BCUT2D eigenvalue weighted by Crippen LogP contribution is -2.32. The van der Waals surface area contributed by atoms with E-state index in [0.29, 0.717) is 4.90 Å². The first-order valence-electron chi connectivity index (χ1n) is 6.18. The number of carbonyl (C=O) groups is 2. The van der Waals surface area contributed by atoms with Crippen LogP contribution in [0.3, 0.4) is 0 Å². The molecule has 1 fully saturated rings. The number of imide groups is 1. The Kier molecular flexibility index (Phi) is 3.62. The number of nitrogens with zero attached hydrogens (tertiary/aromatic N) is 1. The summed E-state index contributed by atoms with van der Waals surface area (Å²) >= 11 is 3.95. The van der Waals surface area contributed by atoms with Crippen molar-refractivity contribution in [2.75, 3.05) is 4.90 Å². The minimum Gasteiger partial charge on any atom is -0.274 e. The first-order valence-corrected chi connectivity index (χ1v) is 6.69. The molecule has 0 bridgehead atoms. The van der Waals surface area contributed by atoms with Crippen LogP contribution in [0, 0.1) is 11.6 Å². The first kappa shape index (κ1) is 15.0. The summed E-state index contributed by atoms with van der Waals surface area (Å²) in [6, 6.07) is 2.67. The van der Waals surface area contributed by atoms with E-state index in [2.05, 4.69) is 12.6 Å². The lowest BCUT2D eigenvalue weighted by atomic mass is 9.86. The van der Waals surface area contributed by atoms with Gasteiger partial charge in [0, 0.05) is 6.42 Å². The van der Waals surface area contributed by atoms with Crippen molar-refractivity contribution in [3.8, 4) is 0 Å². The highest BCUT2D eigenvalue weighted by Gasteiger charge is 2.39. The highest BCUT2D eigenvalue weighted by molar-refractivity contribution is 7.82. The molecule has 1 aliphatic rings. The second-order valence-corrected chi connectivity index (χ2v) is 6.42. The van der Waals surface area contributed by atoms with Crippen molar-refractivity contribution in [1.82, 2.24) is 0 Å². The van der Waals surface area contributed by atoms with E-state index < -0.39 is 34.1 Å². The predicted octanol–water partition coefficient (Wildman–Crippen LogP) is 2.82. The fourth-order valence-electron chi connectivity index (χ4n) is 2.16. The Balaban J connectivity index is 2.53. The monoisotopic (exact) mass is 299 g/mol. The Morgan fingerprint density at radius 3 is 2.25 bits per heavy atom. The molecule has 1 aromatic carbocycles. The van der Waals surface area contributed by atoms with E-state index in [9.17, 15) is 18.4 Å². The number of thiol groups is 1. The van der Waals surface area contributed by atoms with Crippen molar-refractivity contribution < 1.29 is 18.4 Å². The fraction of sp³-hybridized carbons (Fsp3) is 0.429. The van der Waals surface area contributed by atoms with Gasteiger partial charge in [0.15, 0.2) is 11.6 Å². The summed E-state index contributed by atoms with van der Waals surface area (Å²) in [7, 11) is 0. The largest absolute Gasteiger partial charge is 0.274 e. The highest BCUT2D eigenvalue weighted by Crippen LogP contribution is 2.33. The molecule has 1 aliphatic heterocycles. The van der Waals surface area contributed by atoms with Crippen LogP contribution < -0.4 is 4.90 Å². The smallest absolute Gasteiger partial charge is 0.247 e. The lowest BCUT2D eigenvalue weighted by Gasteiger charge is -2.22. The third kappa shape index (κ3) is 2.32. The number of rotatable bonds is 1. The average molecular weight is 299 g/mol. The van der Waals surface area contributed by atoms with Gasteiger partial charge in [-0.1, -0.05) is 26.8 Å². The Bertz CT molecular complexity index is 596. The Labute approximate surface area is 121 Å². The van der Waals surface area contributed by atoms with Gasteiger partial charge in [-0.3, -0.25) is 9.59 Å². The van der Waals surface area contributed by atoms with Crippen molar-refractivity contribution >= 4 is 30.1 Å². The standard InChI is InChI=1S/C14H15F2NO2S/c1-14(2,3)7-4-5-8(12(16)11(7)15)17-10(18)6-9(20)13(17)19/h4-5,9,20H,6H2,1-3H3. The Hall–Kier alpha value is -1.43. The molecular weight excluding hydrogens is 284 g/mol. The van der Waals surface area contributed by atoms with E-state index >= 15 is 0 Å². The van der Waals surface area contributed by atoms with E-state index in [-0.39, 0.29) is 17.7 Å². The summed E-state index contributed by atoms with van der Waals surface area (Å²) in [6.07, 6.45) is -0.107. The van der Waals surface area contributed by atoms with Gasteiger partial charge in [0.05, 0.1) is 10.9 Å². The molecule has 0 saturated carbocycles. The maximum atomic E-state index is 14.2. The molecule has 2 amide bonds. The van der Waals surface area contributed by atoms with Crippen molar-refractivity contribution in [2.24, 2.45) is 0 Å². The molecule has 0 aliphatic carbocycles. The van der Waals surface area contributed by atoms with Gasteiger partial charge in [0.2, 0.25) is 11.8 Å². The number of halogens is 2. The molecule has 1 heterocycles. The third-order valence-electron chi connectivity index (χ3n) is 3.23. The number of hydrogen-bond donors (Lipinski definition) is 1. The molecule has 0 radical (unpaired) electrons. The second kappa shape index (κ2) is 4.84. The van der Waals surface area contributed by atoms with E-state index in [1.807, 2.05) is 0 Å². The number of anilines is 1. The van der Waals surface area contributed by atoms with Crippen molar-refractivity contribution in [3.63, 3.8) is 0 Å². The van der Waals surface area contributed by atoms with E-state index in [1.54, 1.807) is 20.8 Å². The minimum absolute atomic E-state index is 0.107. The second-order valence-electron chi connectivity index (χ2n) is 5.80. The van der Waals surface area contributed by atoms with E-state index in [0.717, 1.165) is 0 Å². The van der Waals surface area contributed by atoms with Crippen LogP contribution in [-0.4, -0.2) is 17.1 Å². The zero-order valence-corrected chi connectivity index (χ0v) is 12.3. The zero-order chi connectivity index (χ0) is 15.2. The van der Waals surface area contributed by atoms with Gasteiger partial charge in [-0.15, -0.1) is 0 Å². The number of carbonyl (C=O) groups excluding carboxylic acids is 2. The van der Waals surface area contributed by atoms with Gasteiger partial charge in [-0.05, 0) is 17.0 Å². The molecule has 1 atom stereocenters. The Morgan fingerprint density at radius 2 is 1.80 bits per heavy atom. The molecule has 20 heavy (non-hydrogen) atoms.